The predicted molar refractivity (Wildman–Crippen MR) is 528 cm³/mol. The van der Waals surface area contributed by atoms with Crippen LogP contribution in [0.25, 0.3) is 111 Å². The average Bonchev–Trinajstić information content (AvgIpc) is 0.755. The molecule has 15 N–H and O–H groups in total. The Morgan fingerprint density at radius 3 is 1.27 bits per heavy atom. The van der Waals surface area contributed by atoms with Crippen molar-refractivity contribution in [1.82, 2.24) is 10.9 Å². The van der Waals surface area contributed by atoms with E-state index in [2.05, 4.69) is 86.5 Å². The lowest BCUT2D eigenvalue weighted by molar-refractivity contribution is -0.134. The van der Waals surface area contributed by atoms with E-state index in [1.807, 2.05) is 136 Å². The zero-order valence-corrected chi connectivity index (χ0v) is 76.4. The number of carboxylic acids is 3. The molecule has 664 valence electrons. The molecule has 2 aliphatic heterocycles. The van der Waals surface area contributed by atoms with Gasteiger partial charge in [0.25, 0.3) is 5.97 Å². The average molecular weight is 1900 g/mol. The van der Waals surface area contributed by atoms with Gasteiger partial charge in [-0.1, -0.05) is 60.7 Å². The van der Waals surface area contributed by atoms with Gasteiger partial charge in [-0.25, -0.2) is 25.0 Å². The molecule has 0 bridgehead atoms. The van der Waals surface area contributed by atoms with Crippen molar-refractivity contribution < 1.29 is 67.2 Å². The summed E-state index contributed by atoms with van der Waals surface area (Å²) in [6.45, 7) is 22.7. The minimum Gasteiger partial charge on any atom is -0.508 e. The fourth-order valence-electron chi connectivity index (χ4n) is 13.6. The SMILES string of the molecule is CC(=O)O.CC/C(C)=N\NC(=S)Nc1ccc(-c2c3ccc(=O)cc-3oc3cc(O)ccc23)c(C(=O)O)c1.CCN(CC)c1ccc2cc(-c3ccc(NC(=O)CI)c(C)c3)c(=O)oc2c1.CCSCC(=O)Nc1ccc(-c2cc3ccc(N(CC)CC)cc3oc2=O)cc1C.CN.NNC(=S)Nc1ccc(-c2c3ccc(=O)cc-3oc3cc(O)ccc23)c(C(=O)O)c1. The molecule has 33 heteroatoms. The molecule has 8 aromatic carbocycles. The number of alkyl halides is 1. The van der Waals surface area contributed by atoms with Crippen molar-refractivity contribution in [2.24, 2.45) is 16.7 Å². The highest BCUT2D eigenvalue weighted by molar-refractivity contribution is 14.1. The lowest BCUT2D eigenvalue weighted by atomic mass is 9.90. The van der Waals surface area contributed by atoms with Crippen LogP contribution in [-0.4, -0.2) is 120 Å². The zero-order valence-electron chi connectivity index (χ0n) is 71.8. The van der Waals surface area contributed by atoms with Crippen molar-refractivity contribution in [2.45, 2.75) is 75.7 Å². The summed E-state index contributed by atoms with van der Waals surface area (Å²) in [4.78, 5) is 110. The van der Waals surface area contributed by atoms with Crippen molar-refractivity contribution in [3.63, 3.8) is 0 Å². The molecule has 10 aromatic rings. The van der Waals surface area contributed by atoms with Gasteiger partial charge < -0.3 is 85.4 Å². The summed E-state index contributed by atoms with van der Waals surface area (Å²) >= 11 is 13.8. The smallest absolute Gasteiger partial charge is 0.344 e. The first-order valence-corrected chi connectivity index (χ1v) is 43.7. The van der Waals surface area contributed by atoms with Gasteiger partial charge in [0.1, 0.15) is 45.4 Å². The summed E-state index contributed by atoms with van der Waals surface area (Å²) in [7, 11) is 1.50. The Bertz CT molecular complexity index is 6700. The third-order valence-corrected chi connectivity index (χ3v) is 21.8. The number of carbonyl (C=O) groups is 5. The summed E-state index contributed by atoms with van der Waals surface area (Å²) in [6, 6.07) is 54.1. The highest BCUT2D eigenvalue weighted by Gasteiger charge is 2.26. The molecule has 0 fully saturated rings. The Labute approximate surface area is 764 Å². The number of carboxylic acid groups (broad SMARTS) is 3. The summed E-state index contributed by atoms with van der Waals surface area (Å²) in [5.74, 6) is 3.93. The van der Waals surface area contributed by atoms with Crippen LogP contribution in [0.4, 0.5) is 34.1 Å². The van der Waals surface area contributed by atoms with Crippen molar-refractivity contribution in [3.05, 3.63) is 258 Å². The van der Waals surface area contributed by atoms with E-state index in [9.17, 15) is 58.8 Å². The number of rotatable bonds is 22. The Balaban J connectivity index is 0.000000189. The molecule has 2 aliphatic carbocycles. The maximum absolute atomic E-state index is 12.7. The van der Waals surface area contributed by atoms with E-state index >= 15 is 0 Å². The molecular formula is C95H96IN11O18S3. The number of aryl methyl sites for hydroxylation is 2. The second-order valence-corrected chi connectivity index (χ2v) is 31.1. The van der Waals surface area contributed by atoms with Gasteiger partial charge in [-0.15, -0.1) is 0 Å². The third kappa shape index (κ3) is 25.1. The number of hydrazine groups is 1. The number of aromatic carboxylic acids is 2. The standard InChI is InChI=1S/C25H21N3O5S.C24H28N2O3S.C22H23IN2O3.C21H15N3O5S.C2H4O2.CH5N/c1-3-13(2)27-28-25(34)26-14-4-7-17(20(10-14)24(31)32)23-18-8-5-15(29)11-21(18)33-22-12-16(30)6-9-19(22)23;1-5-26(6-2)19-10-8-18-13-20(24(28)29-22(18)14-19)17-9-11-21(16(4)12-17)25-23(27)15-30-7-3;1-4-25(5-2)17-8-6-16-11-18(22(27)28-20(16)12-17)15-7-9-19(14(3)10-15)24-21(26)13-23;22-24-21(30)23-10-1-4-13(16(7-10)20(27)28)19-14-5-2-11(25)8-17(14)29-18-9-12(26)3-6-15(18)19;1-2(3)4;1-2/h4-12,29H,3H2,1-2H3,(H,31,32)(H2,26,28,34);8-14H,5-7,15H2,1-4H3,(H,25,27);6-12H,4-5,13H2,1-3H3,(H,24,26);1-9,25H,22H2,(H,27,28)(H2,23,24,30);1H3,(H,3,4);2H2,1H3/b27-13-;;;;;. The number of aliphatic carboxylic acids is 1. The number of benzene rings is 10. The number of hydrogen-bond acceptors (Lipinski definition) is 23. The van der Waals surface area contributed by atoms with Gasteiger partial charge >= 0.3 is 23.2 Å². The molecule has 14 rings (SSSR count). The topological polar surface area (TPSA) is 450 Å². The molecule has 2 amide bonds. The second kappa shape index (κ2) is 45.9. The second-order valence-electron chi connectivity index (χ2n) is 28.3. The Kier molecular flexibility index (Phi) is 35.1. The fraction of sp³-hybridized carbons (Fsp3) is 0.200. The molecule has 29 nitrogen and oxygen atoms in total. The number of anilines is 6. The molecule has 0 unspecified atom stereocenters. The number of amides is 2. The van der Waals surface area contributed by atoms with Gasteiger partial charge in [0.05, 0.1) is 32.4 Å². The molecular weight excluding hydrogens is 1810 g/mol. The van der Waals surface area contributed by atoms with Crippen molar-refractivity contribution in [1.29, 1.82) is 0 Å². The minimum absolute atomic E-state index is 0.00731. The van der Waals surface area contributed by atoms with Gasteiger partial charge in [-0.2, -0.15) is 16.9 Å². The Morgan fingerprint density at radius 1 is 0.469 bits per heavy atom. The van der Waals surface area contributed by atoms with E-state index in [0.717, 1.165) is 107 Å². The van der Waals surface area contributed by atoms with Crippen LogP contribution in [0.2, 0.25) is 0 Å². The lowest BCUT2D eigenvalue weighted by Crippen LogP contribution is -2.34. The van der Waals surface area contributed by atoms with Gasteiger partial charge in [-0.3, -0.25) is 29.4 Å². The van der Waals surface area contributed by atoms with E-state index in [1.165, 1.54) is 67.7 Å². The number of nitrogens with one attached hydrogen (secondary N) is 6. The first-order chi connectivity index (χ1) is 61.3. The number of phenols is 2. The van der Waals surface area contributed by atoms with Crippen molar-refractivity contribution >= 4 is 182 Å². The number of nitrogens with two attached hydrogens (primary N) is 2. The summed E-state index contributed by atoms with van der Waals surface area (Å²) in [6.07, 6.45) is 0.768. The molecule has 4 heterocycles. The Morgan fingerprint density at radius 2 is 0.883 bits per heavy atom. The molecule has 0 saturated carbocycles. The number of thiocarbonyl (C=S) groups is 2. The summed E-state index contributed by atoms with van der Waals surface area (Å²) < 4.78 is 23.3. The van der Waals surface area contributed by atoms with Crippen LogP contribution in [0.3, 0.4) is 0 Å². The molecule has 2 aromatic heterocycles. The number of fused-ring (bicyclic) bond motifs is 6. The highest BCUT2D eigenvalue weighted by Crippen LogP contribution is 2.45. The van der Waals surface area contributed by atoms with Gasteiger partial charge in [0.15, 0.2) is 21.1 Å². The van der Waals surface area contributed by atoms with E-state index in [0.29, 0.717) is 99.2 Å². The monoisotopic (exact) mass is 1900 g/mol. The van der Waals surface area contributed by atoms with Crippen LogP contribution in [0.1, 0.15) is 93.7 Å². The zero-order chi connectivity index (χ0) is 93.3. The molecule has 0 spiro atoms. The maximum Gasteiger partial charge on any atom is 0.344 e. The fourth-order valence-corrected chi connectivity index (χ4v) is 14.5. The first kappa shape index (κ1) is 98.0. The van der Waals surface area contributed by atoms with Crippen LogP contribution in [0.5, 0.6) is 11.5 Å². The number of halogens is 1. The van der Waals surface area contributed by atoms with Crippen molar-refractivity contribution in [2.75, 3.05) is 80.2 Å². The number of nitrogens with zero attached hydrogens (tertiary/aromatic N) is 3. The largest absolute Gasteiger partial charge is 0.508 e. The van der Waals surface area contributed by atoms with Crippen LogP contribution in [-0.2, 0) is 14.4 Å². The van der Waals surface area contributed by atoms with Gasteiger partial charge in [0, 0.05) is 153 Å². The third-order valence-electron chi connectivity index (χ3n) is 19.8. The lowest BCUT2D eigenvalue weighted by Gasteiger charge is -2.21. The van der Waals surface area contributed by atoms with Crippen LogP contribution >= 0.6 is 58.8 Å². The number of hydrazone groups is 1. The molecule has 128 heavy (non-hydrogen) atoms. The minimum atomic E-state index is -1.15. The molecule has 0 atom stereocenters. The van der Waals surface area contributed by atoms with Crippen molar-refractivity contribution in [3.8, 4) is 78.7 Å². The van der Waals surface area contributed by atoms with E-state index in [1.54, 1.807) is 60.3 Å². The quantitative estimate of drug-likeness (QED) is 0.00438. The number of aromatic hydroxyl groups is 2. The molecule has 0 radical (unpaired) electrons. The maximum atomic E-state index is 12.7. The van der Waals surface area contributed by atoms with Crippen LogP contribution in [0.15, 0.2) is 236 Å². The van der Waals surface area contributed by atoms with E-state index < -0.39 is 17.9 Å². The predicted octanol–water partition coefficient (Wildman–Crippen LogP) is 18.1. The summed E-state index contributed by atoms with van der Waals surface area (Å²) in [5.41, 5.74) is 23.0. The first-order valence-electron chi connectivity index (χ1n) is 40.2. The number of hydrogen-bond donors (Lipinski definition) is 13. The van der Waals surface area contributed by atoms with Gasteiger partial charge in [-0.05, 0) is 259 Å². The normalized spacial score (nSPS) is 10.8. The Hall–Kier alpha value is -13.8. The van der Waals surface area contributed by atoms with Crippen LogP contribution < -0.4 is 75.6 Å². The highest BCUT2D eigenvalue weighted by atomic mass is 127. The number of phenolic OH excluding ortho intramolecular Hbond substituents is 2. The van der Waals surface area contributed by atoms with Crippen LogP contribution in [0, 0.1) is 13.8 Å². The van der Waals surface area contributed by atoms with E-state index in [-0.39, 0.29) is 78.3 Å². The molecule has 0 saturated heterocycles. The number of carbonyl (C=O) groups excluding carboxylic acids is 2. The van der Waals surface area contributed by atoms with E-state index in [4.69, 9.17) is 57.8 Å². The number of thioether (sulfide) groups is 1. The molecule has 4 aliphatic rings. The summed E-state index contributed by atoms with van der Waals surface area (Å²) in [5, 5.41) is 66.0. The van der Waals surface area contributed by atoms with Gasteiger partial charge in [0.2, 0.25) is 11.8 Å².